The Kier molecular flexibility index (Phi) is 9.73. The van der Waals surface area contributed by atoms with Gasteiger partial charge in [-0.25, -0.2) is 12.8 Å². The van der Waals surface area contributed by atoms with Gasteiger partial charge in [-0.1, -0.05) is 36.0 Å². The Bertz CT molecular complexity index is 1680. The van der Waals surface area contributed by atoms with E-state index in [9.17, 15) is 48.7 Å². The lowest BCUT2D eigenvalue weighted by molar-refractivity contribution is -0.138. The van der Waals surface area contributed by atoms with Crippen molar-refractivity contribution in [2.24, 2.45) is 4.99 Å². The van der Waals surface area contributed by atoms with Gasteiger partial charge in [0, 0.05) is 13.0 Å². The van der Waals surface area contributed by atoms with Gasteiger partial charge in [-0.15, -0.1) is 0 Å². The number of nitrogens with one attached hydrogen (secondary N) is 1. The van der Waals surface area contributed by atoms with Crippen molar-refractivity contribution in [3.8, 4) is 0 Å². The third kappa shape index (κ3) is 8.16. The van der Waals surface area contributed by atoms with Gasteiger partial charge in [0.2, 0.25) is 11.8 Å². The summed E-state index contributed by atoms with van der Waals surface area (Å²) in [6.45, 7) is -0.805. The first kappa shape index (κ1) is 33.0. The van der Waals surface area contributed by atoms with Crippen LogP contribution in [0.1, 0.15) is 23.1 Å². The van der Waals surface area contributed by atoms with Gasteiger partial charge in [0.05, 0.1) is 34.0 Å². The van der Waals surface area contributed by atoms with Crippen LogP contribution in [0.15, 0.2) is 82.7 Å². The molecule has 0 saturated carbocycles. The number of carbonyl (C=O) groups excluding carboxylic acids is 2. The first-order chi connectivity index (χ1) is 20.5. The summed E-state index contributed by atoms with van der Waals surface area (Å²) in [6.07, 6.45) is -10.00. The maximum atomic E-state index is 13.3. The van der Waals surface area contributed by atoms with Gasteiger partial charge < -0.3 is 5.32 Å². The SMILES string of the molecule is O=C(CC1SC(=NCc2cccc(C(F)(F)F)c2)N(CCS(=O)(=O)c2ccc(F)cc2)C1=O)Nc1ccccc1C(F)(F)F. The van der Waals surface area contributed by atoms with E-state index in [2.05, 4.69) is 10.3 Å². The lowest BCUT2D eigenvalue weighted by Crippen LogP contribution is -2.37. The summed E-state index contributed by atoms with van der Waals surface area (Å²) in [5.74, 6) is -3.03. The van der Waals surface area contributed by atoms with Gasteiger partial charge in [-0.05, 0) is 54.1 Å². The average molecular weight is 662 g/mol. The molecule has 1 fully saturated rings. The summed E-state index contributed by atoms with van der Waals surface area (Å²) in [5.41, 5.74) is -2.43. The summed E-state index contributed by atoms with van der Waals surface area (Å²) < 4.78 is 118. The fourth-order valence-electron chi connectivity index (χ4n) is 4.15. The fraction of sp³-hybridized carbons (Fsp3) is 0.250. The predicted molar refractivity (Wildman–Crippen MR) is 149 cm³/mol. The normalized spacial score (nSPS) is 16.9. The van der Waals surface area contributed by atoms with Gasteiger partial charge >= 0.3 is 12.4 Å². The number of halogens is 7. The van der Waals surface area contributed by atoms with Crippen LogP contribution < -0.4 is 5.32 Å². The number of thioether (sulfide) groups is 1. The molecule has 0 aromatic heterocycles. The molecule has 16 heteroatoms. The van der Waals surface area contributed by atoms with E-state index >= 15 is 0 Å². The molecule has 0 bridgehead atoms. The highest BCUT2D eigenvalue weighted by molar-refractivity contribution is 8.15. The van der Waals surface area contributed by atoms with Crippen LogP contribution in [0.3, 0.4) is 0 Å². The minimum atomic E-state index is -4.77. The molecule has 7 nitrogen and oxygen atoms in total. The Hall–Kier alpha value is -3.92. The van der Waals surface area contributed by atoms with Crippen molar-refractivity contribution in [3.63, 3.8) is 0 Å². The monoisotopic (exact) mass is 661 g/mol. The Labute approximate surface area is 251 Å². The molecule has 4 rings (SSSR count). The highest BCUT2D eigenvalue weighted by Crippen LogP contribution is 2.36. The number of amides is 2. The van der Waals surface area contributed by atoms with Gasteiger partial charge in [0.15, 0.2) is 15.0 Å². The fourth-order valence-corrected chi connectivity index (χ4v) is 6.53. The van der Waals surface area contributed by atoms with Crippen LogP contribution in [0.5, 0.6) is 0 Å². The quantitative estimate of drug-likeness (QED) is 0.219. The van der Waals surface area contributed by atoms with Gasteiger partial charge in [-0.2, -0.15) is 26.3 Å². The van der Waals surface area contributed by atoms with E-state index in [0.29, 0.717) is 0 Å². The molecular formula is C28H22F7N3O4S2. The smallest absolute Gasteiger partial charge is 0.325 e. The molecule has 2 amide bonds. The molecule has 3 aromatic rings. The summed E-state index contributed by atoms with van der Waals surface area (Å²) >= 11 is 0.730. The van der Waals surface area contributed by atoms with Crippen LogP contribution in [0.2, 0.25) is 0 Å². The second-order valence-electron chi connectivity index (χ2n) is 9.46. The zero-order valence-electron chi connectivity index (χ0n) is 22.3. The van der Waals surface area contributed by atoms with Crippen LogP contribution in [-0.2, 0) is 38.3 Å². The average Bonchev–Trinajstić information content (AvgIpc) is 3.24. The highest BCUT2D eigenvalue weighted by atomic mass is 32.2. The van der Waals surface area contributed by atoms with E-state index in [0.717, 1.165) is 71.3 Å². The van der Waals surface area contributed by atoms with Crippen molar-refractivity contribution in [2.75, 3.05) is 17.6 Å². The lowest BCUT2D eigenvalue weighted by Gasteiger charge is -2.17. The molecule has 1 aliphatic rings. The Balaban J connectivity index is 1.55. The van der Waals surface area contributed by atoms with Crippen molar-refractivity contribution in [1.29, 1.82) is 0 Å². The third-order valence-electron chi connectivity index (χ3n) is 6.30. The highest BCUT2D eigenvalue weighted by Gasteiger charge is 2.40. The largest absolute Gasteiger partial charge is 0.418 e. The minimum absolute atomic E-state index is 0.0878. The van der Waals surface area contributed by atoms with Gasteiger partial charge in [0.25, 0.3) is 0 Å². The number of hydrogen-bond donors (Lipinski definition) is 1. The molecule has 44 heavy (non-hydrogen) atoms. The number of sulfone groups is 1. The van der Waals surface area contributed by atoms with Gasteiger partial charge in [-0.3, -0.25) is 19.5 Å². The number of amidine groups is 1. The Morgan fingerprint density at radius 1 is 0.932 bits per heavy atom. The molecule has 1 aliphatic heterocycles. The molecular weight excluding hydrogens is 639 g/mol. The topological polar surface area (TPSA) is 95.9 Å². The van der Waals surface area contributed by atoms with E-state index < -0.39 is 80.6 Å². The molecule has 3 aromatic carbocycles. The van der Waals surface area contributed by atoms with Crippen LogP contribution >= 0.6 is 11.8 Å². The van der Waals surface area contributed by atoms with E-state index in [1.807, 2.05) is 0 Å². The number of carbonyl (C=O) groups is 2. The standard InChI is InChI=1S/C28H22F7N3O4S2/c29-19-8-10-20(11-9-19)44(41,42)13-12-38-25(40)23(15-24(39)37-22-7-2-1-6-21(22)28(33,34)35)43-26(38)36-16-17-4-3-5-18(14-17)27(30,31)32/h1-11,14,23H,12-13,15-16H2,(H,37,39). The zero-order chi connectivity index (χ0) is 32.3. The molecule has 234 valence electrons. The van der Waals surface area contributed by atoms with E-state index in [-0.39, 0.29) is 22.2 Å². The van der Waals surface area contributed by atoms with Crippen molar-refractivity contribution >= 4 is 44.3 Å². The van der Waals surface area contributed by atoms with Crippen LogP contribution in [0.4, 0.5) is 36.4 Å². The van der Waals surface area contributed by atoms with E-state index in [1.54, 1.807) is 0 Å². The van der Waals surface area contributed by atoms with Crippen LogP contribution in [0, 0.1) is 5.82 Å². The maximum Gasteiger partial charge on any atom is 0.418 e. The molecule has 1 saturated heterocycles. The second-order valence-corrected chi connectivity index (χ2v) is 12.7. The molecule has 1 N–H and O–H groups in total. The summed E-state index contributed by atoms with van der Waals surface area (Å²) in [4.78, 5) is 31.0. The number of anilines is 1. The molecule has 0 radical (unpaired) electrons. The number of alkyl halides is 6. The third-order valence-corrected chi connectivity index (χ3v) is 9.23. The summed E-state index contributed by atoms with van der Waals surface area (Å²) in [6, 6.07) is 12.5. The van der Waals surface area contributed by atoms with Gasteiger partial charge in [0.1, 0.15) is 11.1 Å². The Morgan fingerprint density at radius 3 is 2.27 bits per heavy atom. The number of rotatable bonds is 9. The summed E-state index contributed by atoms with van der Waals surface area (Å²) in [5, 5.41) is 0.830. The molecule has 0 spiro atoms. The first-order valence-electron chi connectivity index (χ1n) is 12.7. The molecule has 1 atom stereocenters. The second kappa shape index (κ2) is 13.0. The van der Waals surface area contributed by atoms with Crippen LogP contribution in [-0.4, -0.2) is 47.8 Å². The minimum Gasteiger partial charge on any atom is -0.325 e. The predicted octanol–water partition coefficient (Wildman–Crippen LogP) is 6.17. The van der Waals surface area contributed by atoms with Crippen molar-refractivity contribution < 1.29 is 48.7 Å². The van der Waals surface area contributed by atoms with E-state index in [1.165, 1.54) is 18.2 Å². The summed E-state index contributed by atoms with van der Waals surface area (Å²) in [7, 11) is -4.04. The number of nitrogens with zero attached hydrogens (tertiary/aromatic N) is 2. The number of hydrogen-bond acceptors (Lipinski definition) is 6. The Morgan fingerprint density at radius 2 is 1.61 bits per heavy atom. The zero-order valence-corrected chi connectivity index (χ0v) is 24.0. The number of benzene rings is 3. The first-order valence-corrected chi connectivity index (χ1v) is 15.2. The lowest BCUT2D eigenvalue weighted by atomic mass is 10.1. The number of para-hydroxylation sites is 1. The molecule has 1 heterocycles. The van der Waals surface area contributed by atoms with Crippen molar-refractivity contribution in [3.05, 3.63) is 95.3 Å². The van der Waals surface area contributed by atoms with Crippen molar-refractivity contribution in [1.82, 2.24) is 4.90 Å². The molecule has 0 aliphatic carbocycles. The van der Waals surface area contributed by atoms with Crippen LogP contribution in [0.25, 0.3) is 0 Å². The maximum absolute atomic E-state index is 13.3. The van der Waals surface area contributed by atoms with Crippen molar-refractivity contribution in [2.45, 2.75) is 35.5 Å². The molecule has 1 unspecified atom stereocenters. The van der Waals surface area contributed by atoms with E-state index in [4.69, 9.17) is 0 Å². The number of aliphatic imine (C=N–C) groups is 1.